The highest BCUT2D eigenvalue weighted by atomic mass is 35.5. The molecule has 6 nitrogen and oxygen atoms in total. The van der Waals surface area contributed by atoms with Crippen molar-refractivity contribution in [3.8, 4) is 5.75 Å². The summed E-state index contributed by atoms with van der Waals surface area (Å²) < 4.78 is 5.61. The number of ether oxygens (including phenoxy) is 1. The maximum atomic E-state index is 13.3. The van der Waals surface area contributed by atoms with Gasteiger partial charge in [-0.05, 0) is 67.3 Å². The van der Waals surface area contributed by atoms with Crippen molar-refractivity contribution in [1.29, 1.82) is 0 Å². The van der Waals surface area contributed by atoms with Crippen LogP contribution in [0.3, 0.4) is 0 Å². The number of hydrogen-bond donors (Lipinski definition) is 1. The third-order valence-corrected chi connectivity index (χ3v) is 6.97. The van der Waals surface area contributed by atoms with E-state index in [0.717, 1.165) is 31.4 Å². The van der Waals surface area contributed by atoms with Crippen LogP contribution in [-0.4, -0.2) is 60.4 Å². The highest BCUT2D eigenvalue weighted by molar-refractivity contribution is 6.30. The first-order valence-electron chi connectivity index (χ1n) is 11.5. The maximum Gasteiger partial charge on any atom is 0.260 e. The van der Waals surface area contributed by atoms with E-state index in [1.165, 1.54) is 0 Å². The summed E-state index contributed by atoms with van der Waals surface area (Å²) in [4.78, 5) is 30.0. The quantitative estimate of drug-likeness (QED) is 0.611. The molecule has 2 aromatic rings. The smallest absolute Gasteiger partial charge is 0.260 e. The van der Waals surface area contributed by atoms with Crippen molar-refractivity contribution in [2.24, 2.45) is 5.92 Å². The van der Waals surface area contributed by atoms with Crippen LogP contribution < -0.4 is 10.1 Å². The molecule has 0 aromatic heterocycles. The van der Waals surface area contributed by atoms with Crippen LogP contribution in [0.2, 0.25) is 10.0 Å². The van der Waals surface area contributed by atoms with E-state index in [2.05, 4.69) is 10.2 Å². The minimum absolute atomic E-state index is 0.00919. The standard InChI is InChI=1S/C25H29Cl2N3O3/c26-19-5-9-21(10-6-19)28-25(32)24(18-3-1-2-4-18)30-15-13-29(14-16-30)23(31)17-33-22-11-7-20(27)8-12-22/h5-12,18,24H,1-4,13-17H2,(H,28,32). The van der Waals surface area contributed by atoms with E-state index in [4.69, 9.17) is 27.9 Å². The van der Waals surface area contributed by atoms with Gasteiger partial charge in [-0.25, -0.2) is 0 Å². The predicted octanol–water partition coefficient (Wildman–Crippen LogP) is 4.71. The van der Waals surface area contributed by atoms with Gasteiger partial charge in [0, 0.05) is 41.9 Å². The van der Waals surface area contributed by atoms with E-state index >= 15 is 0 Å². The van der Waals surface area contributed by atoms with Crippen molar-refractivity contribution in [2.45, 2.75) is 31.7 Å². The number of amides is 2. The first kappa shape index (κ1) is 23.9. The molecule has 4 rings (SSSR count). The summed E-state index contributed by atoms with van der Waals surface area (Å²) in [6.45, 7) is 2.50. The maximum absolute atomic E-state index is 13.3. The van der Waals surface area contributed by atoms with E-state index in [1.54, 1.807) is 36.4 Å². The lowest BCUT2D eigenvalue weighted by atomic mass is 9.95. The van der Waals surface area contributed by atoms with Crippen LogP contribution in [-0.2, 0) is 9.59 Å². The van der Waals surface area contributed by atoms with Gasteiger partial charge in [-0.15, -0.1) is 0 Å². The van der Waals surface area contributed by atoms with Gasteiger partial charge in [0.2, 0.25) is 5.91 Å². The van der Waals surface area contributed by atoms with Gasteiger partial charge in [0.1, 0.15) is 5.75 Å². The lowest BCUT2D eigenvalue weighted by molar-refractivity contribution is -0.136. The monoisotopic (exact) mass is 489 g/mol. The normalized spacial score (nSPS) is 18.2. The number of hydrogen-bond acceptors (Lipinski definition) is 4. The van der Waals surface area contributed by atoms with Gasteiger partial charge in [-0.2, -0.15) is 0 Å². The van der Waals surface area contributed by atoms with Crippen LogP contribution in [0.15, 0.2) is 48.5 Å². The Morgan fingerprint density at radius 3 is 2.09 bits per heavy atom. The lowest BCUT2D eigenvalue weighted by Crippen LogP contribution is -2.57. The second-order valence-corrected chi connectivity index (χ2v) is 9.52. The SMILES string of the molecule is O=C(Nc1ccc(Cl)cc1)C(C1CCCC1)N1CCN(C(=O)COc2ccc(Cl)cc2)CC1. The molecule has 1 unspecified atom stereocenters. The molecule has 1 heterocycles. The second kappa shape index (κ2) is 11.2. The van der Waals surface area contributed by atoms with Gasteiger partial charge in [-0.3, -0.25) is 14.5 Å². The molecule has 1 saturated heterocycles. The predicted molar refractivity (Wildman–Crippen MR) is 131 cm³/mol. The van der Waals surface area contributed by atoms with Gasteiger partial charge in [0.05, 0.1) is 6.04 Å². The Balaban J connectivity index is 1.33. The molecular formula is C25H29Cl2N3O3. The molecule has 1 saturated carbocycles. The molecule has 2 aliphatic rings. The average Bonchev–Trinajstić information content (AvgIpc) is 3.35. The van der Waals surface area contributed by atoms with Crippen LogP contribution in [0, 0.1) is 5.92 Å². The first-order valence-corrected chi connectivity index (χ1v) is 12.2. The highest BCUT2D eigenvalue weighted by Crippen LogP contribution is 2.32. The molecule has 0 radical (unpaired) electrons. The summed E-state index contributed by atoms with van der Waals surface area (Å²) >= 11 is 11.9. The summed E-state index contributed by atoms with van der Waals surface area (Å²) in [5.41, 5.74) is 0.751. The van der Waals surface area contributed by atoms with Gasteiger partial charge in [0.15, 0.2) is 6.61 Å². The Kier molecular flexibility index (Phi) is 8.12. The molecule has 1 N–H and O–H groups in total. The molecule has 176 valence electrons. The van der Waals surface area contributed by atoms with Crippen LogP contribution in [0.25, 0.3) is 0 Å². The number of carbonyl (C=O) groups excluding carboxylic acids is 2. The number of halogens is 2. The minimum Gasteiger partial charge on any atom is -0.484 e. The summed E-state index contributed by atoms with van der Waals surface area (Å²) in [6, 6.07) is 14.0. The molecule has 2 aromatic carbocycles. The lowest BCUT2D eigenvalue weighted by Gasteiger charge is -2.40. The second-order valence-electron chi connectivity index (χ2n) is 8.64. The molecule has 2 amide bonds. The molecule has 1 aliphatic carbocycles. The van der Waals surface area contributed by atoms with Crippen molar-refractivity contribution in [2.75, 3.05) is 38.1 Å². The van der Waals surface area contributed by atoms with Crippen LogP contribution >= 0.6 is 23.2 Å². The van der Waals surface area contributed by atoms with Crippen LogP contribution in [0.1, 0.15) is 25.7 Å². The molecule has 33 heavy (non-hydrogen) atoms. The van der Waals surface area contributed by atoms with Crippen molar-refractivity contribution in [3.63, 3.8) is 0 Å². The Morgan fingerprint density at radius 2 is 1.48 bits per heavy atom. The van der Waals surface area contributed by atoms with Crippen molar-refractivity contribution in [3.05, 3.63) is 58.6 Å². The Hall–Kier alpha value is -2.28. The van der Waals surface area contributed by atoms with Gasteiger partial charge < -0.3 is 15.0 Å². The number of rotatable bonds is 7. The van der Waals surface area contributed by atoms with E-state index < -0.39 is 0 Å². The average molecular weight is 490 g/mol. The molecule has 1 aliphatic heterocycles. The van der Waals surface area contributed by atoms with E-state index in [9.17, 15) is 9.59 Å². The minimum atomic E-state index is -0.189. The topological polar surface area (TPSA) is 61.9 Å². The Labute approximate surface area is 204 Å². The third-order valence-electron chi connectivity index (χ3n) is 6.46. The van der Waals surface area contributed by atoms with Crippen LogP contribution in [0.5, 0.6) is 5.75 Å². The number of nitrogens with zero attached hydrogens (tertiary/aromatic N) is 2. The van der Waals surface area contributed by atoms with E-state index in [0.29, 0.717) is 47.9 Å². The Morgan fingerprint density at radius 1 is 0.909 bits per heavy atom. The third kappa shape index (κ3) is 6.40. The molecule has 0 spiro atoms. The molecule has 1 atom stereocenters. The summed E-state index contributed by atoms with van der Waals surface area (Å²) in [5.74, 6) is 0.932. The largest absolute Gasteiger partial charge is 0.484 e. The summed E-state index contributed by atoms with van der Waals surface area (Å²) in [5, 5.41) is 4.34. The molecule has 0 bridgehead atoms. The van der Waals surface area contributed by atoms with Crippen molar-refractivity contribution >= 4 is 40.7 Å². The fourth-order valence-corrected chi connectivity index (χ4v) is 4.97. The number of anilines is 1. The number of carbonyl (C=O) groups is 2. The molecule has 2 fully saturated rings. The number of nitrogens with one attached hydrogen (secondary N) is 1. The fraction of sp³-hybridized carbons (Fsp3) is 0.440. The van der Waals surface area contributed by atoms with Crippen molar-refractivity contribution in [1.82, 2.24) is 9.80 Å². The first-order chi connectivity index (χ1) is 16.0. The summed E-state index contributed by atoms with van der Waals surface area (Å²) in [6.07, 6.45) is 4.45. The molecular weight excluding hydrogens is 461 g/mol. The highest BCUT2D eigenvalue weighted by Gasteiger charge is 2.37. The van der Waals surface area contributed by atoms with Gasteiger partial charge in [-0.1, -0.05) is 36.0 Å². The van der Waals surface area contributed by atoms with E-state index in [-0.39, 0.29) is 24.5 Å². The number of piperazine rings is 1. The Bertz CT molecular complexity index is 938. The van der Waals surface area contributed by atoms with Crippen molar-refractivity contribution < 1.29 is 14.3 Å². The van der Waals surface area contributed by atoms with E-state index in [1.807, 2.05) is 17.0 Å². The molecule has 8 heteroatoms. The van der Waals surface area contributed by atoms with Gasteiger partial charge >= 0.3 is 0 Å². The fourth-order valence-electron chi connectivity index (χ4n) is 4.72. The zero-order chi connectivity index (χ0) is 23.2. The van der Waals surface area contributed by atoms with Crippen LogP contribution in [0.4, 0.5) is 5.69 Å². The zero-order valence-electron chi connectivity index (χ0n) is 18.5. The zero-order valence-corrected chi connectivity index (χ0v) is 20.0. The summed E-state index contributed by atoms with van der Waals surface area (Å²) in [7, 11) is 0. The van der Waals surface area contributed by atoms with Gasteiger partial charge in [0.25, 0.3) is 5.91 Å². The number of benzene rings is 2.